The highest BCUT2D eigenvalue weighted by atomic mass is 16.7. The summed E-state index contributed by atoms with van der Waals surface area (Å²) in [6.45, 7) is 5.41. The van der Waals surface area contributed by atoms with Gasteiger partial charge >= 0.3 is 0 Å². The molecule has 0 saturated carbocycles. The van der Waals surface area contributed by atoms with Crippen LogP contribution in [0.15, 0.2) is 23.0 Å². The minimum atomic E-state index is -0.633. The minimum absolute atomic E-state index is 0.00176. The van der Waals surface area contributed by atoms with Crippen LogP contribution in [0.25, 0.3) is 0 Å². The summed E-state index contributed by atoms with van der Waals surface area (Å²) < 4.78 is 11.6. The normalized spacial score (nSPS) is 12.3. The number of nitrogens with zero attached hydrogens (tertiary/aromatic N) is 2. The average molecular weight is 368 g/mol. The number of ketones is 1. The lowest BCUT2D eigenvalue weighted by Crippen LogP contribution is -2.27. The maximum atomic E-state index is 12.7. The summed E-state index contributed by atoms with van der Waals surface area (Å²) in [6.07, 6.45) is 0.210. The number of aromatic hydroxyl groups is 1. The van der Waals surface area contributed by atoms with Crippen LogP contribution in [0.3, 0.4) is 0 Å². The molecule has 0 amide bonds. The van der Waals surface area contributed by atoms with E-state index in [2.05, 4.69) is 0 Å². The van der Waals surface area contributed by atoms with E-state index >= 15 is 0 Å². The van der Waals surface area contributed by atoms with Crippen molar-refractivity contribution in [2.24, 2.45) is 5.92 Å². The number of benzene rings is 1. The van der Waals surface area contributed by atoms with Crippen molar-refractivity contribution < 1.29 is 19.4 Å². The van der Waals surface area contributed by atoms with Crippen LogP contribution in [0, 0.1) is 24.2 Å². The van der Waals surface area contributed by atoms with Crippen LogP contribution < -0.4 is 15.0 Å². The Morgan fingerprint density at radius 1 is 1.33 bits per heavy atom. The number of rotatable bonds is 5. The molecule has 1 aromatic heterocycles. The molecule has 0 aliphatic carbocycles. The molecule has 1 aliphatic heterocycles. The first-order valence-electron chi connectivity index (χ1n) is 8.61. The number of hydrogen-bond donors (Lipinski definition) is 1. The van der Waals surface area contributed by atoms with Crippen LogP contribution in [0.1, 0.15) is 47.3 Å². The standard InChI is InChI=1S/C20H20N2O5/c1-11(2)6-15(23)18-12(3)14(8-21)19(24)22(20(18)25)9-13-4-5-16-17(7-13)27-10-26-16/h4-5,7,11,25H,6,9-10H2,1-3H3. The average Bonchev–Trinajstić information content (AvgIpc) is 3.06. The quantitative estimate of drug-likeness (QED) is 0.814. The van der Waals surface area contributed by atoms with E-state index in [1.807, 2.05) is 19.9 Å². The zero-order chi connectivity index (χ0) is 19.7. The Hall–Kier alpha value is -3.27. The van der Waals surface area contributed by atoms with E-state index in [0.717, 1.165) is 4.57 Å². The van der Waals surface area contributed by atoms with Crippen LogP contribution in [-0.4, -0.2) is 22.2 Å². The fraction of sp³-hybridized carbons (Fsp3) is 0.350. The van der Waals surface area contributed by atoms with Crippen molar-refractivity contribution in [3.8, 4) is 23.4 Å². The molecule has 7 nitrogen and oxygen atoms in total. The van der Waals surface area contributed by atoms with E-state index < -0.39 is 11.4 Å². The fourth-order valence-corrected chi connectivity index (χ4v) is 3.13. The zero-order valence-corrected chi connectivity index (χ0v) is 15.4. The van der Waals surface area contributed by atoms with Gasteiger partial charge in [-0.2, -0.15) is 5.26 Å². The molecule has 2 heterocycles. The first kappa shape index (κ1) is 18.5. The third-order valence-electron chi connectivity index (χ3n) is 4.45. The van der Waals surface area contributed by atoms with Gasteiger partial charge in [0.15, 0.2) is 17.3 Å². The van der Waals surface area contributed by atoms with E-state index in [-0.39, 0.29) is 48.2 Å². The van der Waals surface area contributed by atoms with Crippen molar-refractivity contribution >= 4 is 5.78 Å². The van der Waals surface area contributed by atoms with Crippen LogP contribution in [-0.2, 0) is 6.54 Å². The van der Waals surface area contributed by atoms with Gasteiger partial charge in [-0.15, -0.1) is 0 Å². The molecule has 7 heteroatoms. The molecular formula is C20H20N2O5. The maximum Gasteiger partial charge on any atom is 0.271 e. The van der Waals surface area contributed by atoms with Crippen LogP contribution in [0.2, 0.25) is 0 Å². The Morgan fingerprint density at radius 3 is 2.70 bits per heavy atom. The van der Waals surface area contributed by atoms with Crippen LogP contribution in [0.4, 0.5) is 0 Å². The summed E-state index contributed by atoms with van der Waals surface area (Å²) in [5.74, 6) is 0.514. The Balaban J connectivity index is 2.11. The third kappa shape index (κ3) is 3.38. The summed E-state index contributed by atoms with van der Waals surface area (Å²) in [5.41, 5.74) is 0.145. The highest BCUT2D eigenvalue weighted by Crippen LogP contribution is 2.33. The smallest absolute Gasteiger partial charge is 0.271 e. The largest absolute Gasteiger partial charge is 0.494 e. The molecule has 1 aromatic carbocycles. The maximum absolute atomic E-state index is 12.7. The molecule has 0 radical (unpaired) electrons. The van der Waals surface area contributed by atoms with Crippen molar-refractivity contribution in [3.63, 3.8) is 0 Å². The van der Waals surface area contributed by atoms with Gasteiger partial charge in [0, 0.05) is 6.42 Å². The molecule has 0 saturated heterocycles. The van der Waals surface area contributed by atoms with E-state index in [0.29, 0.717) is 17.1 Å². The molecule has 27 heavy (non-hydrogen) atoms. The predicted molar refractivity (Wildman–Crippen MR) is 97.3 cm³/mol. The van der Waals surface area contributed by atoms with E-state index in [1.165, 1.54) is 6.92 Å². The first-order valence-corrected chi connectivity index (χ1v) is 8.61. The summed E-state index contributed by atoms with van der Waals surface area (Å²) in [7, 11) is 0. The lowest BCUT2D eigenvalue weighted by atomic mass is 9.96. The number of carbonyl (C=O) groups is 1. The van der Waals surface area contributed by atoms with Crippen molar-refractivity contribution in [1.82, 2.24) is 4.57 Å². The Kier molecular flexibility index (Phi) is 4.91. The SMILES string of the molecule is Cc1c(C(=O)CC(C)C)c(O)n(Cc2ccc3c(c2)OCO3)c(=O)c1C#N. The Labute approximate surface area is 156 Å². The third-order valence-corrected chi connectivity index (χ3v) is 4.45. The number of fused-ring (bicyclic) bond motifs is 1. The predicted octanol–water partition coefficient (Wildman–Crippen LogP) is 2.74. The number of Topliss-reactive ketones (excluding diaryl/α,β-unsaturated/α-hetero) is 1. The number of ether oxygens (including phenoxy) is 2. The van der Waals surface area contributed by atoms with Crippen LogP contribution in [0.5, 0.6) is 17.4 Å². The second-order valence-electron chi connectivity index (χ2n) is 6.91. The van der Waals surface area contributed by atoms with Crippen molar-refractivity contribution in [3.05, 3.63) is 50.8 Å². The molecule has 3 rings (SSSR count). The van der Waals surface area contributed by atoms with Crippen molar-refractivity contribution in [2.45, 2.75) is 33.7 Å². The van der Waals surface area contributed by atoms with Gasteiger partial charge in [-0.3, -0.25) is 14.2 Å². The van der Waals surface area contributed by atoms with Gasteiger partial charge < -0.3 is 14.6 Å². The van der Waals surface area contributed by atoms with Gasteiger partial charge in [-0.05, 0) is 36.1 Å². The van der Waals surface area contributed by atoms with Gasteiger partial charge in [-0.25, -0.2) is 0 Å². The lowest BCUT2D eigenvalue weighted by molar-refractivity contribution is 0.0963. The Morgan fingerprint density at radius 2 is 2.04 bits per heavy atom. The second kappa shape index (κ2) is 7.16. The lowest BCUT2D eigenvalue weighted by Gasteiger charge is -2.16. The molecule has 140 valence electrons. The molecule has 0 bridgehead atoms. The molecule has 2 aromatic rings. The van der Waals surface area contributed by atoms with E-state index in [1.54, 1.807) is 18.2 Å². The van der Waals surface area contributed by atoms with Crippen LogP contribution >= 0.6 is 0 Å². The van der Waals surface area contributed by atoms with Gasteiger partial charge in [0.25, 0.3) is 5.56 Å². The highest BCUT2D eigenvalue weighted by Gasteiger charge is 2.24. The van der Waals surface area contributed by atoms with Crippen molar-refractivity contribution in [1.29, 1.82) is 5.26 Å². The highest BCUT2D eigenvalue weighted by molar-refractivity contribution is 6.00. The van der Waals surface area contributed by atoms with Gasteiger partial charge in [0.05, 0.1) is 12.1 Å². The number of pyridine rings is 1. The number of carbonyl (C=O) groups excluding carboxylic acids is 1. The van der Waals surface area contributed by atoms with Gasteiger partial charge in [0.2, 0.25) is 12.7 Å². The first-order chi connectivity index (χ1) is 12.8. The number of nitriles is 1. The van der Waals surface area contributed by atoms with Gasteiger partial charge in [0.1, 0.15) is 11.6 Å². The molecule has 0 atom stereocenters. The summed E-state index contributed by atoms with van der Waals surface area (Å²) in [6, 6.07) is 7.02. The van der Waals surface area contributed by atoms with Gasteiger partial charge in [-0.1, -0.05) is 19.9 Å². The molecule has 1 aliphatic rings. The Bertz CT molecular complexity index is 1010. The zero-order valence-electron chi connectivity index (χ0n) is 15.4. The topological polar surface area (TPSA) is 102 Å². The summed E-state index contributed by atoms with van der Waals surface area (Å²) in [5, 5.41) is 20.1. The minimum Gasteiger partial charge on any atom is -0.494 e. The van der Waals surface area contributed by atoms with E-state index in [9.17, 15) is 20.0 Å². The molecule has 0 fully saturated rings. The summed E-state index contributed by atoms with van der Waals surface area (Å²) >= 11 is 0. The van der Waals surface area contributed by atoms with Crippen molar-refractivity contribution in [2.75, 3.05) is 6.79 Å². The fourth-order valence-electron chi connectivity index (χ4n) is 3.13. The summed E-state index contributed by atoms with van der Waals surface area (Å²) in [4.78, 5) is 25.3. The van der Waals surface area contributed by atoms with E-state index in [4.69, 9.17) is 9.47 Å². The monoisotopic (exact) mass is 368 g/mol. The molecule has 1 N–H and O–H groups in total. The molecule has 0 spiro atoms. The number of aromatic nitrogens is 1. The molecular weight excluding hydrogens is 348 g/mol. The second-order valence-corrected chi connectivity index (χ2v) is 6.91. The molecule has 0 unspecified atom stereocenters. The number of hydrogen-bond acceptors (Lipinski definition) is 6.